The average molecular weight is 640 g/mol. The van der Waals surface area contributed by atoms with Crippen molar-refractivity contribution in [2.24, 2.45) is 52.3 Å². The molecule has 46 heavy (non-hydrogen) atoms. The number of hydrogen-bond donors (Lipinski definition) is 2. The first kappa shape index (κ1) is 33.6. The van der Waals surface area contributed by atoms with Gasteiger partial charge in [0.2, 0.25) is 0 Å². The van der Waals surface area contributed by atoms with E-state index in [9.17, 15) is 9.90 Å². The first-order chi connectivity index (χ1) is 22.0. The normalized spacial score (nSPS) is 47.2. The quantitative estimate of drug-likeness (QED) is 0.270. The lowest BCUT2D eigenvalue weighted by Gasteiger charge is -2.61. The molecule has 0 aromatic rings. The number of carbonyl (C=O) groups is 1. The predicted octanol–water partition coefficient (Wildman–Crippen LogP) is 7.87. The van der Waals surface area contributed by atoms with Crippen molar-refractivity contribution in [1.29, 1.82) is 0 Å². The Hall–Kier alpha value is -0.850. The number of ether oxygens (including phenoxy) is 1. The molecule has 1 aliphatic heterocycles. The van der Waals surface area contributed by atoms with Gasteiger partial charge in [-0.15, -0.1) is 0 Å². The van der Waals surface area contributed by atoms with Crippen molar-refractivity contribution < 1.29 is 14.6 Å². The van der Waals surface area contributed by atoms with E-state index in [4.69, 9.17) is 4.74 Å². The maximum Gasteiger partial charge on any atom is 0.317 e. The van der Waals surface area contributed by atoms with Crippen LogP contribution in [0.1, 0.15) is 137 Å². The van der Waals surface area contributed by atoms with Crippen LogP contribution in [0, 0.1) is 52.3 Å². The fourth-order valence-electron chi connectivity index (χ4n) is 13.5. The van der Waals surface area contributed by atoms with Crippen LogP contribution in [0.4, 0.5) is 4.79 Å². The van der Waals surface area contributed by atoms with E-state index in [1.54, 1.807) is 0 Å². The Morgan fingerprint density at radius 3 is 2.46 bits per heavy atom. The third kappa shape index (κ3) is 5.68. The van der Waals surface area contributed by atoms with Crippen molar-refractivity contribution in [2.75, 3.05) is 27.2 Å². The third-order valence-corrected chi connectivity index (χ3v) is 16.2. The standard InChI is InChI=1S/C40H69N3O3/c1-7-31(44)15-13-28-25-40(28)26(2)36-35(46-40)24-34-32-16-14-27-23-29(17-19-38(27,3)33(32)18-20-39(34,36)4)41-37(45)43(22-21-42(5)6)30-11-9-8-10-12-30/h26-36,44H,7-25H2,1-6H3,(H,41,45)/t26-,27+,28?,29+,31?,32+,33-,34-,35-,36-,38-,39-,40-/m0/s1. The minimum Gasteiger partial charge on any atom is -0.393 e. The van der Waals surface area contributed by atoms with Crippen molar-refractivity contribution in [3.8, 4) is 0 Å². The zero-order valence-corrected chi connectivity index (χ0v) is 30.4. The summed E-state index contributed by atoms with van der Waals surface area (Å²) in [5, 5.41) is 13.8. The summed E-state index contributed by atoms with van der Waals surface area (Å²) >= 11 is 0. The van der Waals surface area contributed by atoms with Gasteiger partial charge in [-0.05, 0) is 156 Å². The Morgan fingerprint density at radius 2 is 1.72 bits per heavy atom. The molecule has 262 valence electrons. The van der Waals surface area contributed by atoms with Crippen LogP contribution in [0.3, 0.4) is 0 Å². The monoisotopic (exact) mass is 640 g/mol. The smallest absolute Gasteiger partial charge is 0.317 e. The zero-order valence-electron chi connectivity index (χ0n) is 30.4. The first-order valence-electron chi connectivity index (χ1n) is 20.1. The molecule has 2 amide bonds. The molecule has 13 atom stereocenters. The molecular formula is C40H69N3O3. The van der Waals surface area contributed by atoms with Gasteiger partial charge in [-0.1, -0.05) is 47.0 Å². The molecule has 0 radical (unpaired) electrons. The summed E-state index contributed by atoms with van der Waals surface area (Å²) in [6, 6.07) is 0.970. The Bertz CT molecular complexity index is 1090. The highest BCUT2D eigenvalue weighted by Crippen LogP contribution is 2.74. The Morgan fingerprint density at radius 1 is 0.957 bits per heavy atom. The molecule has 7 fully saturated rings. The molecule has 2 N–H and O–H groups in total. The van der Waals surface area contributed by atoms with E-state index in [-0.39, 0.29) is 17.7 Å². The molecule has 0 aromatic carbocycles. The van der Waals surface area contributed by atoms with Gasteiger partial charge >= 0.3 is 6.03 Å². The van der Waals surface area contributed by atoms with Gasteiger partial charge in [0.1, 0.15) is 0 Å². The highest BCUT2D eigenvalue weighted by atomic mass is 16.5. The van der Waals surface area contributed by atoms with Crippen LogP contribution < -0.4 is 5.32 Å². The third-order valence-electron chi connectivity index (χ3n) is 16.2. The van der Waals surface area contributed by atoms with Crippen molar-refractivity contribution in [1.82, 2.24) is 15.1 Å². The lowest BCUT2D eigenvalue weighted by Crippen LogP contribution is -2.57. The molecule has 7 rings (SSSR count). The van der Waals surface area contributed by atoms with E-state index < -0.39 is 0 Å². The molecule has 1 spiro atoms. The number of carbonyl (C=O) groups excluding carboxylic acids is 1. The molecule has 6 heteroatoms. The van der Waals surface area contributed by atoms with Crippen LogP contribution >= 0.6 is 0 Å². The van der Waals surface area contributed by atoms with Crippen molar-refractivity contribution >= 4 is 6.03 Å². The van der Waals surface area contributed by atoms with E-state index in [1.165, 1.54) is 83.5 Å². The van der Waals surface area contributed by atoms with Crippen molar-refractivity contribution in [3.63, 3.8) is 0 Å². The minimum atomic E-state index is -0.141. The SMILES string of the molecule is CCC(O)CCC1C[C@@]12O[C@H]1C[C@H]3[C@@H]4CC[C@@H]5C[C@H](NC(=O)N(CCN(C)C)C6CCCCC6)CC[C@]5(C)[C@H]4CC[C@]3(C)[C@H]1[C@@H]2C. The molecule has 0 aromatic heterocycles. The van der Waals surface area contributed by atoms with Crippen LogP contribution in [-0.2, 0) is 4.74 Å². The summed E-state index contributed by atoms with van der Waals surface area (Å²) < 4.78 is 7.16. The van der Waals surface area contributed by atoms with Gasteiger partial charge in [0.25, 0.3) is 0 Å². The van der Waals surface area contributed by atoms with Crippen LogP contribution in [0.25, 0.3) is 0 Å². The minimum absolute atomic E-state index is 0.124. The summed E-state index contributed by atoms with van der Waals surface area (Å²) in [5.74, 6) is 5.29. The maximum atomic E-state index is 13.8. The number of likely N-dealkylation sites (N-methyl/N-ethyl adjacent to an activating group) is 1. The summed E-state index contributed by atoms with van der Waals surface area (Å²) in [4.78, 5) is 18.2. The van der Waals surface area contributed by atoms with Gasteiger partial charge in [0, 0.05) is 25.2 Å². The summed E-state index contributed by atoms with van der Waals surface area (Å²) in [5.41, 5.74) is 0.972. The second-order valence-corrected chi connectivity index (χ2v) is 18.6. The molecule has 6 aliphatic carbocycles. The van der Waals surface area contributed by atoms with Crippen LogP contribution in [0.2, 0.25) is 0 Å². The first-order valence-corrected chi connectivity index (χ1v) is 20.1. The molecule has 1 heterocycles. The Balaban J connectivity index is 0.977. The molecule has 6 saturated carbocycles. The largest absolute Gasteiger partial charge is 0.393 e. The maximum absolute atomic E-state index is 13.8. The number of amides is 2. The number of aliphatic hydroxyl groups is 1. The summed E-state index contributed by atoms with van der Waals surface area (Å²) in [6.45, 7) is 11.8. The fraction of sp³-hybridized carbons (Fsp3) is 0.975. The predicted molar refractivity (Wildman–Crippen MR) is 185 cm³/mol. The number of rotatable bonds is 9. The van der Waals surface area contributed by atoms with Crippen molar-refractivity contribution in [2.45, 2.75) is 167 Å². The van der Waals surface area contributed by atoms with Gasteiger partial charge in [0.15, 0.2) is 0 Å². The highest BCUT2D eigenvalue weighted by molar-refractivity contribution is 5.75. The van der Waals surface area contributed by atoms with Gasteiger partial charge < -0.3 is 25.0 Å². The van der Waals surface area contributed by atoms with E-state index >= 15 is 0 Å². The van der Waals surface area contributed by atoms with Gasteiger partial charge in [0.05, 0.1) is 17.8 Å². The van der Waals surface area contributed by atoms with Crippen LogP contribution in [0.15, 0.2) is 0 Å². The highest BCUT2D eigenvalue weighted by Gasteiger charge is 2.73. The number of aliphatic hydroxyl groups excluding tert-OH is 1. The van der Waals surface area contributed by atoms with Crippen molar-refractivity contribution in [3.05, 3.63) is 0 Å². The molecule has 6 nitrogen and oxygen atoms in total. The van der Waals surface area contributed by atoms with Crippen LogP contribution in [0.5, 0.6) is 0 Å². The van der Waals surface area contributed by atoms with E-state index in [1.807, 2.05) is 0 Å². The molecule has 1 saturated heterocycles. The van der Waals surface area contributed by atoms with Crippen LogP contribution in [-0.4, -0.2) is 78.0 Å². The number of nitrogens with zero attached hydrogens (tertiary/aromatic N) is 2. The van der Waals surface area contributed by atoms with Gasteiger partial charge in [-0.3, -0.25) is 0 Å². The Labute approximate surface area is 281 Å². The number of fused-ring (bicyclic) bond motifs is 7. The molecule has 7 aliphatic rings. The Kier molecular flexibility index (Phi) is 9.36. The van der Waals surface area contributed by atoms with Gasteiger partial charge in [-0.25, -0.2) is 4.79 Å². The second kappa shape index (κ2) is 12.8. The van der Waals surface area contributed by atoms with E-state index in [0.29, 0.717) is 40.9 Å². The van der Waals surface area contributed by atoms with E-state index in [2.05, 4.69) is 56.9 Å². The number of urea groups is 1. The molecule has 2 unspecified atom stereocenters. The summed E-state index contributed by atoms with van der Waals surface area (Å²) in [6.07, 6.45) is 21.1. The van der Waals surface area contributed by atoms with Gasteiger partial charge in [-0.2, -0.15) is 0 Å². The fourth-order valence-corrected chi connectivity index (χ4v) is 13.5. The zero-order chi connectivity index (χ0) is 32.4. The number of hydrogen-bond acceptors (Lipinski definition) is 4. The second-order valence-electron chi connectivity index (χ2n) is 18.6. The average Bonchev–Trinajstić information content (AvgIpc) is 3.55. The topological polar surface area (TPSA) is 65.0 Å². The molecular weight excluding hydrogens is 570 g/mol. The van der Waals surface area contributed by atoms with E-state index in [0.717, 1.165) is 68.4 Å². The lowest BCUT2D eigenvalue weighted by atomic mass is 9.44. The number of nitrogens with one attached hydrogen (secondary N) is 1. The molecule has 0 bridgehead atoms. The lowest BCUT2D eigenvalue weighted by molar-refractivity contribution is -0.119. The summed E-state index contributed by atoms with van der Waals surface area (Å²) in [7, 11) is 4.24.